The first-order valence-electron chi connectivity index (χ1n) is 11.0. The topological polar surface area (TPSA) is 50.8 Å². The number of anilines is 2. The summed E-state index contributed by atoms with van der Waals surface area (Å²) in [6, 6.07) is 16.5. The van der Waals surface area contributed by atoms with Crippen molar-refractivity contribution < 1.29 is 0 Å². The number of nitriles is 2. The Kier molecular flexibility index (Phi) is 8.76. The molecule has 160 valence electrons. The second-order valence-electron chi connectivity index (χ2n) is 7.92. The van der Waals surface area contributed by atoms with Crippen LogP contribution in [0.25, 0.3) is 5.57 Å². The Morgan fingerprint density at radius 1 is 0.774 bits per heavy atom. The molecule has 1 aliphatic heterocycles. The van der Waals surface area contributed by atoms with Gasteiger partial charge in [-0.25, -0.2) is 0 Å². The molecule has 0 N–H and O–H groups in total. The molecule has 2 aromatic rings. The molecular formula is C26H27Br2N3. The van der Waals surface area contributed by atoms with E-state index in [0.29, 0.717) is 5.57 Å². The highest BCUT2D eigenvalue weighted by atomic mass is 79.9. The summed E-state index contributed by atoms with van der Waals surface area (Å²) in [5, 5.41) is 19.3. The Balaban J connectivity index is 1.89. The number of halogens is 2. The summed E-state index contributed by atoms with van der Waals surface area (Å²) in [6.45, 7) is 3.17. The zero-order chi connectivity index (χ0) is 22.2. The number of fused-ring (bicyclic) bond motifs is 2. The fourth-order valence-corrected chi connectivity index (χ4v) is 4.94. The average molecular weight is 541 g/mol. The molecule has 2 aromatic carbocycles. The van der Waals surface area contributed by atoms with Gasteiger partial charge in [-0.15, -0.1) is 0 Å². The monoisotopic (exact) mass is 539 g/mol. The maximum absolute atomic E-state index is 9.64. The van der Waals surface area contributed by atoms with Crippen LogP contribution in [0.2, 0.25) is 0 Å². The highest BCUT2D eigenvalue weighted by molar-refractivity contribution is 9.10. The second-order valence-corrected chi connectivity index (χ2v) is 9.75. The Morgan fingerprint density at radius 3 is 1.74 bits per heavy atom. The number of hydrogen-bond acceptors (Lipinski definition) is 3. The van der Waals surface area contributed by atoms with Crippen molar-refractivity contribution in [3.05, 3.63) is 62.0 Å². The summed E-state index contributed by atoms with van der Waals surface area (Å²) in [5.74, 6) is 0. The van der Waals surface area contributed by atoms with E-state index in [0.717, 1.165) is 44.4 Å². The molecule has 0 saturated heterocycles. The minimum atomic E-state index is 0.144. The molecular weight excluding hydrogens is 514 g/mol. The minimum absolute atomic E-state index is 0.144. The van der Waals surface area contributed by atoms with Crippen molar-refractivity contribution in [2.24, 2.45) is 0 Å². The first-order chi connectivity index (χ1) is 15.1. The van der Waals surface area contributed by atoms with Gasteiger partial charge in [-0.3, -0.25) is 0 Å². The largest absolute Gasteiger partial charge is 0.340 e. The summed E-state index contributed by atoms with van der Waals surface area (Å²) in [4.78, 5) is 2.34. The third-order valence-corrected chi connectivity index (χ3v) is 6.73. The van der Waals surface area contributed by atoms with E-state index < -0.39 is 0 Å². The summed E-state index contributed by atoms with van der Waals surface area (Å²) >= 11 is 7.14. The molecule has 0 spiro atoms. The van der Waals surface area contributed by atoms with Crippen LogP contribution in [0.1, 0.15) is 69.4 Å². The maximum atomic E-state index is 9.64. The molecule has 0 amide bonds. The van der Waals surface area contributed by atoms with Crippen molar-refractivity contribution in [2.45, 2.75) is 58.3 Å². The van der Waals surface area contributed by atoms with Crippen molar-refractivity contribution in [1.29, 1.82) is 10.5 Å². The maximum Gasteiger partial charge on any atom is 0.138 e. The molecule has 0 unspecified atom stereocenters. The van der Waals surface area contributed by atoms with Gasteiger partial charge in [0, 0.05) is 43.6 Å². The minimum Gasteiger partial charge on any atom is -0.340 e. The van der Waals surface area contributed by atoms with E-state index in [-0.39, 0.29) is 5.57 Å². The molecule has 5 heteroatoms. The number of benzene rings is 2. The quantitative estimate of drug-likeness (QED) is 0.236. The van der Waals surface area contributed by atoms with E-state index in [2.05, 4.69) is 68.0 Å². The van der Waals surface area contributed by atoms with Crippen molar-refractivity contribution in [3.8, 4) is 12.1 Å². The molecule has 3 nitrogen and oxygen atoms in total. The zero-order valence-electron chi connectivity index (χ0n) is 17.9. The lowest BCUT2D eigenvalue weighted by molar-refractivity contribution is 0.577. The van der Waals surface area contributed by atoms with Crippen LogP contribution in [-0.2, 0) is 0 Å². The van der Waals surface area contributed by atoms with Gasteiger partial charge in [0.1, 0.15) is 17.7 Å². The van der Waals surface area contributed by atoms with E-state index in [1.165, 1.54) is 44.9 Å². The van der Waals surface area contributed by atoms with E-state index in [4.69, 9.17) is 0 Å². The lowest BCUT2D eigenvalue weighted by Gasteiger charge is -2.35. The Hall–Kier alpha value is -2.08. The summed E-state index contributed by atoms with van der Waals surface area (Å²) < 4.78 is 1.87. The molecule has 1 aliphatic rings. The normalized spacial score (nSPS) is 12.0. The highest BCUT2D eigenvalue weighted by Crippen LogP contribution is 2.47. The molecule has 0 radical (unpaired) electrons. The summed E-state index contributed by atoms with van der Waals surface area (Å²) in [7, 11) is 0. The van der Waals surface area contributed by atoms with Gasteiger partial charge in [0.2, 0.25) is 0 Å². The lowest BCUT2D eigenvalue weighted by atomic mass is 9.87. The first-order valence-corrected chi connectivity index (χ1v) is 12.6. The molecule has 3 rings (SSSR count). The zero-order valence-corrected chi connectivity index (χ0v) is 21.1. The van der Waals surface area contributed by atoms with E-state index in [1.807, 2.05) is 24.3 Å². The fraction of sp³-hybridized carbons (Fsp3) is 0.385. The van der Waals surface area contributed by atoms with Gasteiger partial charge in [0.25, 0.3) is 0 Å². The van der Waals surface area contributed by atoms with Gasteiger partial charge in [-0.2, -0.15) is 10.5 Å². The number of nitrogens with zero attached hydrogens (tertiary/aromatic N) is 3. The Bertz CT molecular complexity index is 972. The Morgan fingerprint density at radius 2 is 1.26 bits per heavy atom. The van der Waals surface area contributed by atoms with Crippen LogP contribution in [-0.4, -0.2) is 6.54 Å². The third-order valence-electron chi connectivity index (χ3n) is 5.75. The van der Waals surface area contributed by atoms with Crippen molar-refractivity contribution in [1.82, 2.24) is 0 Å². The standard InChI is InChI=1S/C26H27Br2N3/c1-2-3-4-5-6-7-8-9-14-31-24-12-10-20(27)15-22(24)26(19(17-29)18-30)23-16-21(28)11-13-25(23)31/h10-13,15-16H,2-9,14H2,1H3. The van der Waals surface area contributed by atoms with Gasteiger partial charge < -0.3 is 4.90 Å². The number of rotatable bonds is 9. The number of hydrogen-bond donors (Lipinski definition) is 0. The molecule has 0 aliphatic carbocycles. The number of unbranched alkanes of at least 4 members (excludes halogenated alkanes) is 7. The van der Waals surface area contributed by atoms with Crippen LogP contribution >= 0.6 is 31.9 Å². The van der Waals surface area contributed by atoms with Gasteiger partial charge >= 0.3 is 0 Å². The molecule has 0 aromatic heterocycles. The molecule has 0 bridgehead atoms. The fourth-order valence-electron chi connectivity index (χ4n) is 4.21. The predicted molar refractivity (Wildman–Crippen MR) is 135 cm³/mol. The summed E-state index contributed by atoms with van der Waals surface area (Å²) in [5.41, 5.74) is 4.82. The average Bonchev–Trinajstić information content (AvgIpc) is 2.77. The van der Waals surface area contributed by atoms with Gasteiger partial charge in [-0.05, 0) is 42.8 Å². The van der Waals surface area contributed by atoms with Crippen LogP contribution in [0.3, 0.4) is 0 Å². The SMILES string of the molecule is CCCCCCCCCCN1c2ccc(Br)cc2C(=C(C#N)C#N)c2cc(Br)ccc21. The molecule has 0 fully saturated rings. The Labute approximate surface area is 202 Å². The van der Waals surface area contributed by atoms with Crippen LogP contribution < -0.4 is 4.90 Å². The first kappa shape index (κ1) is 23.6. The van der Waals surface area contributed by atoms with Gasteiger partial charge in [0.05, 0.1) is 0 Å². The molecule has 0 saturated carbocycles. The van der Waals surface area contributed by atoms with Gasteiger partial charge in [0.15, 0.2) is 0 Å². The number of allylic oxidation sites excluding steroid dienone is 1. The van der Waals surface area contributed by atoms with Crippen LogP contribution in [0, 0.1) is 22.7 Å². The summed E-state index contributed by atoms with van der Waals surface area (Å²) in [6.07, 6.45) is 10.2. The van der Waals surface area contributed by atoms with E-state index in [9.17, 15) is 10.5 Å². The van der Waals surface area contributed by atoms with E-state index in [1.54, 1.807) is 0 Å². The third kappa shape index (κ3) is 5.59. The van der Waals surface area contributed by atoms with Crippen molar-refractivity contribution >= 4 is 48.8 Å². The van der Waals surface area contributed by atoms with Crippen molar-refractivity contribution in [3.63, 3.8) is 0 Å². The highest BCUT2D eigenvalue weighted by Gasteiger charge is 2.29. The lowest BCUT2D eigenvalue weighted by Crippen LogP contribution is -2.24. The predicted octanol–water partition coefficient (Wildman–Crippen LogP) is 8.65. The van der Waals surface area contributed by atoms with Crippen LogP contribution in [0.5, 0.6) is 0 Å². The molecule has 1 heterocycles. The van der Waals surface area contributed by atoms with Crippen LogP contribution in [0.15, 0.2) is 50.9 Å². The van der Waals surface area contributed by atoms with Gasteiger partial charge in [-0.1, -0.05) is 83.7 Å². The van der Waals surface area contributed by atoms with Crippen molar-refractivity contribution in [2.75, 3.05) is 11.4 Å². The molecule has 31 heavy (non-hydrogen) atoms. The van der Waals surface area contributed by atoms with E-state index >= 15 is 0 Å². The molecule has 0 atom stereocenters. The van der Waals surface area contributed by atoms with Crippen LogP contribution in [0.4, 0.5) is 11.4 Å². The smallest absolute Gasteiger partial charge is 0.138 e. The second kappa shape index (κ2) is 11.5.